The number of nitrogens with zero attached hydrogens (tertiary/aromatic N) is 1. The molecule has 1 aromatic rings. The first-order chi connectivity index (χ1) is 8.63. The summed E-state index contributed by atoms with van der Waals surface area (Å²) in [6.45, 7) is 2.04. The summed E-state index contributed by atoms with van der Waals surface area (Å²) in [6, 6.07) is 3.93. The number of rotatable bonds is 3. The molecule has 0 amide bonds. The van der Waals surface area contributed by atoms with Crippen molar-refractivity contribution < 1.29 is 9.53 Å². The van der Waals surface area contributed by atoms with Gasteiger partial charge in [0.2, 0.25) is 6.08 Å². The Morgan fingerprint density at radius 1 is 1.39 bits per heavy atom. The summed E-state index contributed by atoms with van der Waals surface area (Å²) >= 11 is 3.54. The fraction of sp³-hybridized carbons (Fsp3) is 0.500. The van der Waals surface area contributed by atoms with Gasteiger partial charge in [0, 0.05) is 4.47 Å². The molecule has 0 bridgehead atoms. The molecule has 0 heterocycles. The van der Waals surface area contributed by atoms with Gasteiger partial charge in [-0.2, -0.15) is 4.99 Å². The Balaban J connectivity index is 2.60. The Kier molecular flexibility index (Phi) is 3.88. The van der Waals surface area contributed by atoms with Crippen LogP contribution < -0.4 is 4.74 Å². The predicted molar refractivity (Wildman–Crippen MR) is 73.7 cm³/mol. The highest BCUT2D eigenvalue weighted by molar-refractivity contribution is 9.10. The van der Waals surface area contributed by atoms with Gasteiger partial charge in [-0.05, 0) is 43.0 Å². The first-order valence-electron chi connectivity index (χ1n) is 6.06. The number of isocyanates is 1. The Hall–Kier alpha value is -1.12. The molecule has 1 aliphatic rings. The van der Waals surface area contributed by atoms with Gasteiger partial charge in [0.05, 0.1) is 12.6 Å². The minimum Gasteiger partial charge on any atom is -0.497 e. The van der Waals surface area contributed by atoms with Gasteiger partial charge >= 0.3 is 0 Å². The van der Waals surface area contributed by atoms with Crippen LogP contribution in [0.1, 0.15) is 36.8 Å². The summed E-state index contributed by atoms with van der Waals surface area (Å²) in [5.74, 6) is 0.787. The Morgan fingerprint density at radius 3 is 2.61 bits per heavy atom. The summed E-state index contributed by atoms with van der Waals surface area (Å²) in [4.78, 5) is 14.9. The summed E-state index contributed by atoms with van der Waals surface area (Å²) in [7, 11) is 1.64. The number of methoxy groups -OCH3 is 1. The van der Waals surface area contributed by atoms with Crippen molar-refractivity contribution in [2.75, 3.05) is 7.11 Å². The highest BCUT2D eigenvalue weighted by Crippen LogP contribution is 2.45. The third kappa shape index (κ3) is 2.23. The highest BCUT2D eigenvalue weighted by Gasteiger charge is 2.37. The molecular weight excluding hydrogens is 294 g/mol. The molecule has 0 aliphatic heterocycles. The van der Waals surface area contributed by atoms with E-state index in [0.717, 1.165) is 47.0 Å². The minimum atomic E-state index is -0.400. The van der Waals surface area contributed by atoms with Crippen LogP contribution in [-0.4, -0.2) is 13.2 Å². The molecule has 96 valence electrons. The quantitative estimate of drug-likeness (QED) is 0.628. The highest BCUT2D eigenvalue weighted by atomic mass is 79.9. The second-order valence-corrected chi connectivity index (χ2v) is 5.58. The van der Waals surface area contributed by atoms with E-state index in [1.165, 1.54) is 0 Å². The van der Waals surface area contributed by atoms with Crippen LogP contribution >= 0.6 is 15.9 Å². The lowest BCUT2D eigenvalue weighted by Gasteiger charge is -2.26. The smallest absolute Gasteiger partial charge is 0.235 e. The zero-order valence-electron chi connectivity index (χ0n) is 10.6. The number of halogens is 1. The average molecular weight is 310 g/mol. The van der Waals surface area contributed by atoms with Gasteiger partial charge in [0.15, 0.2) is 0 Å². The van der Waals surface area contributed by atoms with Crippen molar-refractivity contribution in [2.45, 2.75) is 38.1 Å². The Morgan fingerprint density at radius 2 is 2.06 bits per heavy atom. The van der Waals surface area contributed by atoms with E-state index >= 15 is 0 Å². The Bertz CT molecular complexity index is 501. The number of aliphatic imine (C=N–C) groups is 1. The molecule has 0 radical (unpaired) electrons. The Labute approximate surface area is 115 Å². The molecule has 1 saturated carbocycles. The number of hydrogen-bond donors (Lipinski definition) is 0. The number of carbonyl (C=O) groups excluding carboxylic acids is 1. The minimum absolute atomic E-state index is 0.400. The summed E-state index contributed by atoms with van der Waals surface area (Å²) in [5, 5.41) is 0. The fourth-order valence-corrected chi connectivity index (χ4v) is 3.18. The molecule has 18 heavy (non-hydrogen) atoms. The normalized spacial score (nSPS) is 17.3. The molecular formula is C14H16BrNO2. The van der Waals surface area contributed by atoms with E-state index in [1.807, 2.05) is 19.1 Å². The monoisotopic (exact) mass is 309 g/mol. The standard InChI is InChI=1S/C14H16BrNO2/c1-10-12(7-11(18-2)8-13(10)15)14(16-9-17)5-3-4-6-14/h7-8H,3-6H2,1-2H3. The van der Waals surface area contributed by atoms with Crippen molar-refractivity contribution in [1.29, 1.82) is 0 Å². The first kappa shape index (κ1) is 13.3. The lowest BCUT2D eigenvalue weighted by Crippen LogP contribution is -2.20. The predicted octanol–water partition coefficient (Wildman–Crippen LogP) is 3.87. The van der Waals surface area contributed by atoms with E-state index < -0.39 is 5.54 Å². The van der Waals surface area contributed by atoms with Crippen LogP contribution in [0.15, 0.2) is 21.6 Å². The van der Waals surface area contributed by atoms with Gasteiger partial charge < -0.3 is 4.74 Å². The number of ether oxygens (including phenoxy) is 1. The van der Waals surface area contributed by atoms with Crippen LogP contribution in [0.4, 0.5) is 0 Å². The van der Waals surface area contributed by atoms with E-state index in [-0.39, 0.29) is 0 Å². The molecule has 1 aliphatic carbocycles. The summed E-state index contributed by atoms with van der Waals surface area (Å²) in [6.07, 6.45) is 5.76. The van der Waals surface area contributed by atoms with E-state index in [2.05, 4.69) is 20.9 Å². The largest absolute Gasteiger partial charge is 0.497 e. The molecule has 3 nitrogen and oxygen atoms in total. The van der Waals surface area contributed by atoms with Crippen molar-refractivity contribution in [1.82, 2.24) is 0 Å². The molecule has 0 unspecified atom stereocenters. The van der Waals surface area contributed by atoms with Crippen molar-refractivity contribution in [3.8, 4) is 5.75 Å². The first-order valence-corrected chi connectivity index (χ1v) is 6.86. The molecule has 1 aromatic carbocycles. The van der Waals surface area contributed by atoms with Crippen molar-refractivity contribution in [2.24, 2.45) is 4.99 Å². The van der Waals surface area contributed by atoms with Gasteiger partial charge in [0.25, 0.3) is 0 Å². The zero-order chi connectivity index (χ0) is 13.2. The number of benzene rings is 1. The fourth-order valence-electron chi connectivity index (χ4n) is 2.74. The van der Waals surface area contributed by atoms with Gasteiger partial charge in [0.1, 0.15) is 5.75 Å². The second-order valence-electron chi connectivity index (χ2n) is 4.72. The molecule has 0 aromatic heterocycles. The zero-order valence-corrected chi connectivity index (χ0v) is 12.2. The summed E-state index contributed by atoms with van der Waals surface area (Å²) in [5.41, 5.74) is 1.80. The molecule has 0 spiro atoms. The second kappa shape index (κ2) is 5.25. The third-order valence-electron chi connectivity index (χ3n) is 3.75. The van der Waals surface area contributed by atoms with Gasteiger partial charge in [-0.3, -0.25) is 0 Å². The molecule has 4 heteroatoms. The van der Waals surface area contributed by atoms with Crippen LogP contribution in [-0.2, 0) is 10.3 Å². The maximum Gasteiger partial charge on any atom is 0.235 e. The van der Waals surface area contributed by atoms with Crippen molar-refractivity contribution in [3.63, 3.8) is 0 Å². The van der Waals surface area contributed by atoms with Crippen LogP contribution in [0.3, 0.4) is 0 Å². The molecule has 2 rings (SSSR count). The van der Waals surface area contributed by atoms with E-state index in [1.54, 1.807) is 13.2 Å². The maximum atomic E-state index is 10.8. The van der Waals surface area contributed by atoms with Crippen LogP contribution in [0, 0.1) is 6.92 Å². The third-order valence-corrected chi connectivity index (χ3v) is 4.57. The molecule has 1 fully saturated rings. The van der Waals surface area contributed by atoms with Crippen LogP contribution in [0.5, 0.6) is 5.75 Å². The lowest BCUT2D eigenvalue weighted by atomic mass is 9.86. The number of hydrogen-bond acceptors (Lipinski definition) is 3. The maximum absolute atomic E-state index is 10.8. The molecule has 0 saturated heterocycles. The van der Waals surface area contributed by atoms with Gasteiger partial charge in [-0.15, -0.1) is 0 Å². The van der Waals surface area contributed by atoms with E-state index in [0.29, 0.717) is 0 Å². The van der Waals surface area contributed by atoms with Gasteiger partial charge in [-0.1, -0.05) is 28.8 Å². The van der Waals surface area contributed by atoms with Gasteiger partial charge in [-0.25, -0.2) is 4.79 Å². The van der Waals surface area contributed by atoms with Crippen molar-refractivity contribution >= 4 is 22.0 Å². The summed E-state index contributed by atoms with van der Waals surface area (Å²) < 4.78 is 6.29. The van der Waals surface area contributed by atoms with Crippen molar-refractivity contribution in [3.05, 3.63) is 27.7 Å². The van der Waals surface area contributed by atoms with Crippen LogP contribution in [0.25, 0.3) is 0 Å². The van der Waals surface area contributed by atoms with Crippen LogP contribution in [0.2, 0.25) is 0 Å². The van der Waals surface area contributed by atoms with E-state index in [9.17, 15) is 4.79 Å². The average Bonchev–Trinajstić information content (AvgIpc) is 2.82. The lowest BCUT2D eigenvalue weighted by molar-refractivity contribution is 0.407. The van der Waals surface area contributed by atoms with E-state index in [4.69, 9.17) is 4.74 Å². The SMILES string of the molecule is COc1cc(Br)c(C)c(C2(N=C=O)CCCC2)c1. The topological polar surface area (TPSA) is 38.7 Å². The molecule has 0 N–H and O–H groups in total. The molecule has 0 atom stereocenters.